The number of alkyl halides is 2. The molecule has 0 bridgehead atoms. The van der Waals surface area contributed by atoms with Crippen LogP contribution in [-0.2, 0) is 15.6 Å². The molecule has 3 nitrogen and oxygen atoms in total. The van der Waals surface area contributed by atoms with Crippen molar-refractivity contribution in [2.24, 2.45) is 17.8 Å². The molecule has 35 heavy (non-hydrogen) atoms. The minimum atomic E-state index is -4.65. The fourth-order valence-electron chi connectivity index (χ4n) is 4.85. The van der Waals surface area contributed by atoms with Gasteiger partial charge in [0.05, 0.1) is 13.2 Å². The van der Waals surface area contributed by atoms with Crippen LogP contribution in [0.15, 0.2) is 24.3 Å². The van der Waals surface area contributed by atoms with Crippen molar-refractivity contribution in [3.63, 3.8) is 0 Å². The summed E-state index contributed by atoms with van der Waals surface area (Å²) in [6, 6.07) is 1.56. The lowest BCUT2D eigenvalue weighted by Gasteiger charge is -2.37. The summed E-state index contributed by atoms with van der Waals surface area (Å²) in [5.41, 5.74) is -1.90. The zero-order valence-corrected chi connectivity index (χ0v) is 18.9. The molecule has 2 fully saturated rings. The molecule has 0 radical (unpaired) electrons. The third-order valence-electron chi connectivity index (χ3n) is 6.89. The number of hydrogen-bond acceptors (Lipinski definition) is 3. The van der Waals surface area contributed by atoms with Crippen molar-refractivity contribution >= 4 is 0 Å². The molecule has 2 aromatic carbocycles. The number of benzene rings is 2. The molecule has 0 unspecified atom stereocenters. The van der Waals surface area contributed by atoms with E-state index >= 15 is 0 Å². The second-order valence-electron chi connectivity index (χ2n) is 9.13. The Bertz CT molecular complexity index is 999. The number of halogens is 7. The molecule has 0 amide bonds. The molecular weight excluding hydrogens is 481 g/mol. The summed E-state index contributed by atoms with van der Waals surface area (Å²) < 4.78 is 113. The van der Waals surface area contributed by atoms with Gasteiger partial charge in [-0.15, -0.1) is 0 Å². The molecule has 0 N–H and O–H groups in total. The van der Waals surface area contributed by atoms with Crippen molar-refractivity contribution in [2.45, 2.75) is 51.4 Å². The van der Waals surface area contributed by atoms with Crippen molar-refractivity contribution in [1.29, 1.82) is 0 Å². The third kappa shape index (κ3) is 5.58. The molecule has 192 valence electrons. The Kier molecular flexibility index (Phi) is 7.61. The summed E-state index contributed by atoms with van der Waals surface area (Å²) in [6.07, 6.45) is -0.211. The molecule has 1 aliphatic heterocycles. The van der Waals surface area contributed by atoms with Gasteiger partial charge in [-0.2, -0.15) is 8.78 Å². The Hall–Kier alpha value is -2.33. The first-order valence-electron chi connectivity index (χ1n) is 11.5. The maximum atomic E-state index is 14.6. The van der Waals surface area contributed by atoms with Gasteiger partial charge < -0.3 is 14.2 Å². The van der Waals surface area contributed by atoms with E-state index < -0.39 is 52.8 Å². The zero-order valence-electron chi connectivity index (χ0n) is 18.9. The van der Waals surface area contributed by atoms with Crippen LogP contribution in [0.3, 0.4) is 0 Å². The normalized spacial score (nSPS) is 25.5. The average Bonchev–Trinajstić information content (AvgIpc) is 2.81. The summed E-state index contributed by atoms with van der Waals surface area (Å²) in [5.74, 6) is -8.65. The first-order chi connectivity index (χ1) is 16.6. The summed E-state index contributed by atoms with van der Waals surface area (Å²) in [4.78, 5) is 0. The Labute approximate surface area is 198 Å². The maximum Gasteiger partial charge on any atom is 0.432 e. The quantitative estimate of drug-likeness (QED) is 0.302. The summed E-state index contributed by atoms with van der Waals surface area (Å²) in [6.45, 7) is 2.81. The summed E-state index contributed by atoms with van der Waals surface area (Å²) >= 11 is 0. The van der Waals surface area contributed by atoms with E-state index in [2.05, 4.69) is 11.7 Å². The van der Waals surface area contributed by atoms with Crippen molar-refractivity contribution in [2.75, 3.05) is 13.2 Å². The van der Waals surface area contributed by atoms with Gasteiger partial charge in [-0.25, -0.2) is 22.0 Å². The smallest absolute Gasteiger partial charge is 0.429 e. The molecule has 1 aliphatic carbocycles. The monoisotopic (exact) mass is 506 g/mol. The second kappa shape index (κ2) is 10.3. The lowest BCUT2D eigenvalue weighted by Crippen LogP contribution is -2.34. The highest BCUT2D eigenvalue weighted by atomic mass is 19.3. The number of rotatable bonds is 6. The van der Waals surface area contributed by atoms with Gasteiger partial charge in [0.2, 0.25) is 0 Å². The molecular formula is C25H25F7O3. The molecule has 10 heteroatoms. The van der Waals surface area contributed by atoms with Crippen LogP contribution in [0.5, 0.6) is 5.75 Å². The van der Waals surface area contributed by atoms with E-state index in [-0.39, 0.29) is 23.6 Å². The van der Waals surface area contributed by atoms with Gasteiger partial charge in [-0.05, 0) is 36.8 Å². The SMILES string of the molecule is CCC1CCC(C2COC(c3cc(F)c(C(F)(F)Oc4cc(F)c(F)c(F)c4)c(F)c3)OC2)CC1. The standard InChI is InChI=1S/C25H25F7O3/c1-2-13-3-5-14(6-4-13)16-11-33-24(34-12-16)15-7-18(26)22(19(27)8-15)25(31,32)35-17-9-20(28)23(30)21(29)10-17/h7-10,13-14,16,24H,2-6,11-12H2,1H3. The second-order valence-corrected chi connectivity index (χ2v) is 9.13. The van der Waals surface area contributed by atoms with Crippen molar-refractivity contribution in [3.05, 3.63) is 64.5 Å². The van der Waals surface area contributed by atoms with E-state index in [1.54, 1.807) is 0 Å². The highest BCUT2D eigenvalue weighted by molar-refractivity contribution is 5.32. The van der Waals surface area contributed by atoms with E-state index in [1.807, 2.05) is 0 Å². The molecule has 0 aromatic heterocycles. The molecule has 2 aromatic rings. The van der Waals surface area contributed by atoms with Gasteiger partial charge in [0, 0.05) is 23.6 Å². The van der Waals surface area contributed by atoms with Gasteiger partial charge in [0.1, 0.15) is 22.9 Å². The molecule has 4 rings (SSSR count). The first-order valence-corrected chi connectivity index (χ1v) is 11.5. The summed E-state index contributed by atoms with van der Waals surface area (Å²) in [5, 5.41) is 0. The van der Waals surface area contributed by atoms with Gasteiger partial charge in [-0.1, -0.05) is 26.2 Å². The molecule has 2 aliphatic rings. The molecule has 0 atom stereocenters. The molecule has 1 saturated heterocycles. The predicted octanol–water partition coefficient (Wildman–Crippen LogP) is 7.39. The van der Waals surface area contributed by atoms with Crippen LogP contribution in [0.2, 0.25) is 0 Å². The topological polar surface area (TPSA) is 27.7 Å². The lowest BCUT2D eigenvalue weighted by molar-refractivity contribution is -0.215. The van der Waals surface area contributed by atoms with Crippen LogP contribution in [0.1, 0.15) is 56.4 Å². The van der Waals surface area contributed by atoms with Crippen LogP contribution in [0.25, 0.3) is 0 Å². The van der Waals surface area contributed by atoms with Gasteiger partial charge in [0.25, 0.3) is 0 Å². The highest BCUT2D eigenvalue weighted by Crippen LogP contribution is 2.40. The minimum Gasteiger partial charge on any atom is -0.429 e. The fraction of sp³-hybridized carbons (Fsp3) is 0.520. The van der Waals surface area contributed by atoms with E-state index in [0.29, 0.717) is 31.3 Å². The third-order valence-corrected chi connectivity index (χ3v) is 6.89. The Morgan fingerprint density at radius 1 is 0.800 bits per heavy atom. The van der Waals surface area contributed by atoms with Crippen LogP contribution in [0, 0.1) is 46.8 Å². The Morgan fingerprint density at radius 2 is 1.34 bits per heavy atom. The Morgan fingerprint density at radius 3 is 1.86 bits per heavy atom. The molecule has 1 saturated carbocycles. The van der Waals surface area contributed by atoms with E-state index in [4.69, 9.17) is 9.47 Å². The Balaban J connectivity index is 1.44. The van der Waals surface area contributed by atoms with E-state index in [9.17, 15) is 30.7 Å². The van der Waals surface area contributed by atoms with Crippen molar-refractivity contribution in [3.8, 4) is 5.75 Å². The van der Waals surface area contributed by atoms with Crippen LogP contribution < -0.4 is 4.74 Å². The average molecular weight is 506 g/mol. The zero-order chi connectivity index (χ0) is 25.3. The van der Waals surface area contributed by atoms with Crippen LogP contribution in [-0.4, -0.2) is 13.2 Å². The van der Waals surface area contributed by atoms with Crippen LogP contribution >= 0.6 is 0 Å². The predicted molar refractivity (Wildman–Crippen MR) is 111 cm³/mol. The minimum absolute atomic E-state index is 0.133. The van der Waals surface area contributed by atoms with Gasteiger partial charge in [-0.3, -0.25) is 0 Å². The highest BCUT2D eigenvalue weighted by Gasteiger charge is 2.42. The van der Waals surface area contributed by atoms with Crippen molar-refractivity contribution in [1.82, 2.24) is 0 Å². The van der Waals surface area contributed by atoms with Crippen LogP contribution in [0.4, 0.5) is 30.7 Å². The van der Waals surface area contributed by atoms with Gasteiger partial charge in [0.15, 0.2) is 23.7 Å². The number of hydrogen-bond donors (Lipinski definition) is 0. The van der Waals surface area contributed by atoms with E-state index in [1.165, 1.54) is 0 Å². The lowest BCUT2D eigenvalue weighted by atomic mass is 9.75. The van der Waals surface area contributed by atoms with Gasteiger partial charge >= 0.3 is 6.11 Å². The first kappa shape index (κ1) is 25.8. The van der Waals surface area contributed by atoms with E-state index in [0.717, 1.165) is 38.0 Å². The fourth-order valence-corrected chi connectivity index (χ4v) is 4.85. The summed E-state index contributed by atoms with van der Waals surface area (Å²) in [7, 11) is 0. The van der Waals surface area contributed by atoms with Crippen molar-refractivity contribution < 1.29 is 44.9 Å². The largest absolute Gasteiger partial charge is 0.432 e. The maximum absolute atomic E-state index is 14.6. The number of ether oxygens (including phenoxy) is 3. The molecule has 1 heterocycles. The molecule has 0 spiro atoms.